The van der Waals surface area contributed by atoms with Crippen LogP contribution in [0.4, 0.5) is 0 Å². The molecule has 0 saturated carbocycles. The monoisotopic (exact) mass is 246 g/mol. The van der Waals surface area contributed by atoms with E-state index in [0.717, 1.165) is 9.99 Å². The van der Waals surface area contributed by atoms with Crippen LogP contribution in [0.3, 0.4) is 0 Å². The van der Waals surface area contributed by atoms with Gasteiger partial charge < -0.3 is 0 Å². The number of rotatable bonds is 0. The Morgan fingerprint density at radius 3 is 2.93 bits per heavy atom. The molecule has 3 aromatic rings. The van der Waals surface area contributed by atoms with Crippen molar-refractivity contribution in [2.45, 2.75) is 0 Å². The van der Waals surface area contributed by atoms with Gasteiger partial charge in [-0.15, -0.1) is 0 Å². The van der Waals surface area contributed by atoms with Crippen molar-refractivity contribution in [3.8, 4) is 0 Å². The lowest BCUT2D eigenvalue weighted by molar-refractivity contribution is 0.967. The SMILES string of the molecule is Brc1cccc2c1ccn1nccc21. The fourth-order valence-electron chi connectivity index (χ4n) is 1.72. The van der Waals surface area contributed by atoms with Crippen LogP contribution in [0.25, 0.3) is 16.3 Å². The highest BCUT2D eigenvalue weighted by Crippen LogP contribution is 2.26. The third kappa shape index (κ3) is 0.990. The van der Waals surface area contributed by atoms with E-state index in [2.05, 4.69) is 39.2 Å². The molecule has 0 atom stereocenters. The molecule has 14 heavy (non-hydrogen) atoms. The number of nitrogens with zero attached hydrogens (tertiary/aromatic N) is 2. The van der Waals surface area contributed by atoms with Crippen molar-refractivity contribution in [2.75, 3.05) is 0 Å². The zero-order chi connectivity index (χ0) is 9.54. The van der Waals surface area contributed by atoms with Crippen LogP contribution in [0.15, 0.2) is 47.2 Å². The van der Waals surface area contributed by atoms with E-state index in [9.17, 15) is 0 Å². The minimum atomic E-state index is 1.12. The van der Waals surface area contributed by atoms with E-state index >= 15 is 0 Å². The number of pyridine rings is 1. The van der Waals surface area contributed by atoms with Gasteiger partial charge in [-0.1, -0.05) is 28.1 Å². The lowest BCUT2D eigenvalue weighted by Crippen LogP contribution is -1.86. The highest BCUT2D eigenvalue weighted by atomic mass is 79.9. The van der Waals surface area contributed by atoms with Crippen LogP contribution < -0.4 is 0 Å². The quantitative estimate of drug-likeness (QED) is 0.596. The van der Waals surface area contributed by atoms with Crippen LogP contribution in [0, 0.1) is 0 Å². The predicted molar refractivity (Wildman–Crippen MR) is 60.4 cm³/mol. The van der Waals surface area contributed by atoms with E-state index in [1.54, 1.807) is 0 Å². The van der Waals surface area contributed by atoms with Crippen LogP contribution >= 0.6 is 15.9 Å². The molecule has 0 unspecified atom stereocenters. The van der Waals surface area contributed by atoms with E-state index < -0.39 is 0 Å². The number of hydrogen-bond acceptors (Lipinski definition) is 1. The number of aromatic nitrogens is 2. The van der Waals surface area contributed by atoms with Crippen LogP contribution in [-0.4, -0.2) is 9.61 Å². The Morgan fingerprint density at radius 1 is 1.07 bits per heavy atom. The Balaban J connectivity index is 2.64. The summed E-state index contributed by atoms with van der Waals surface area (Å²) in [6.45, 7) is 0. The predicted octanol–water partition coefficient (Wildman–Crippen LogP) is 3.25. The largest absolute Gasteiger partial charge is 0.240 e. The molecule has 0 fully saturated rings. The van der Waals surface area contributed by atoms with Gasteiger partial charge in [-0.3, -0.25) is 0 Å². The standard InChI is InChI=1S/C11H7BrN2/c12-10-3-1-2-9-8(10)5-7-14-11(9)4-6-13-14/h1-7H. The van der Waals surface area contributed by atoms with E-state index in [4.69, 9.17) is 0 Å². The fraction of sp³-hybridized carbons (Fsp3) is 0. The molecule has 0 aliphatic carbocycles. The third-order valence-corrected chi connectivity index (χ3v) is 3.07. The molecule has 68 valence electrons. The first-order valence-corrected chi connectivity index (χ1v) is 5.16. The molecule has 3 rings (SSSR count). The van der Waals surface area contributed by atoms with Gasteiger partial charge in [0.15, 0.2) is 0 Å². The zero-order valence-corrected chi connectivity index (χ0v) is 8.90. The number of fused-ring (bicyclic) bond motifs is 3. The average Bonchev–Trinajstić information content (AvgIpc) is 2.66. The maximum atomic E-state index is 4.20. The summed E-state index contributed by atoms with van der Waals surface area (Å²) in [5.74, 6) is 0. The van der Waals surface area contributed by atoms with Gasteiger partial charge in [-0.25, -0.2) is 4.52 Å². The normalized spacial score (nSPS) is 11.2. The third-order valence-electron chi connectivity index (χ3n) is 2.38. The summed E-state index contributed by atoms with van der Waals surface area (Å²) in [6.07, 6.45) is 3.79. The molecular formula is C11H7BrN2. The maximum absolute atomic E-state index is 4.20. The molecule has 0 aliphatic heterocycles. The number of hydrogen-bond donors (Lipinski definition) is 0. The van der Waals surface area contributed by atoms with Crippen LogP contribution in [0.5, 0.6) is 0 Å². The van der Waals surface area contributed by atoms with Crippen molar-refractivity contribution in [3.63, 3.8) is 0 Å². The lowest BCUT2D eigenvalue weighted by Gasteiger charge is -2.01. The van der Waals surface area contributed by atoms with Crippen molar-refractivity contribution >= 4 is 32.2 Å². The van der Waals surface area contributed by atoms with E-state index in [-0.39, 0.29) is 0 Å². The summed E-state index contributed by atoms with van der Waals surface area (Å²) in [5, 5.41) is 6.64. The van der Waals surface area contributed by atoms with Gasteiger partial charge in [0.2, 0.25) is 0 Å². The molecule has 2 heterocycles. The van der Waals surface area contributed by atoms with Gasteiger partial charge >= 0.3 is 0 Å². The maximum Gasteiger partial charge on any atom is 0.0740 e. The molecule has 0 amide bonds. The molecule has 3 heteroatoms. The molecule has 0 N–H and O–H groups in total. The van der Waals surface area contributed by atoms with E-state index in [1.165, 1.54) is 10.8 Å². The zero-order valence-electron chi connectivity index (χ0n) is 7.31. The molecule has 2 nitrogen and oxygen atoms in total. The van der Waals surface area contributed by atoms with Gasteiger partial charge in [0.05, 0.1) is 5.52 Å². The van der Waals surface area contributed by atoms with E-state index in [0.29, 0.717) is 0 Å². The van der Waals surface area contributed by atoms with Crippen LogP contribution in [0.1, 0.15) is 0 Å². The van der Waals surface area contributed by atoms with Crippen molar-refractivity contribution in [3.05, 3.63) is 47.2 Å². The van der Waals surface area contributed by atoms with Crippen molar-refractivity contribution in [1.29, 1.82) is 0 Å². The second kappa shape index (κ2) is 2.82. The Bertz CT molecular complexity index is 613. The van der Waals surface area contributed by atoms with E-state index in [1.807, 2.05) is 29.0 Å². The molecule has 0 saturated heterocycles. The van der Waals surface area contributed by atoms with Crippen molar-refractivity contribution in [2.24, 2.45) is 0 Å². The van der Waals surface area contributed by atoms with Crippen molar-refractivity contribution in [1.82, 2.24) is 9.61 Å². The molecule has 0 spiro atoms. The minimum Gasteiger partial charge on any atom is -0.240 e. The van der Waals surface area contributed by atoms with Crippen molar-refractivity contribution < 1.29 is 0 Å². The van der Waals surface area contributed by atoms with Gasteiger partial charge in [-0.05, 0) is 23.6 Å². The second-order valence-corrected chi connectivity index (χ2v) is 4.03. The second-order valence-electron chi connectivity index (χ2n) is 3.18. The highest BCUT2D eigenvalue weighted by molar-refractivity contribution is 9.10. The Labute approximate surface area is 89.3 Å². The van der Waals surface area contributed by atoms with Crippen LogP contribution in [-0.2, 0) is 0 Å². The summed E-state index contributed by atoms with van der Waals surface area (Å²) in [6, 6.07) is 10.3. The average molecular weight is 247 g/mol. The molecule has 0 aliphatic rings. The highest BCUT2D eigenvalue weighted by Gasteiger charge is 2.02. The topological polar surface area (TPSA) is 17.3 Å². The minimum absolute atomic E-state index is 1.12. The molecular weight excluding hydrogens is 240 g/mol. The molecule has 1 aromatic carbocycles. The Hall–Kier alpha value is -1.35. The van der Waals surface area contributed by atoms with Crippen LogP contribution in [0.2, 0.25) is 0 Å². The Kier molecular flexibility index (Phi) is 1.61. The van der Waals surface area contributed by atoms with Gasteiger partial charge in [0.1, 0.15) is 0 Å². The summed E-state index contributed by atoms with van der Waals surface area (Å²) in [4.78, 5) is 0. The van der Waals surface area contributed by atoms with Gasteiger partial charge in [-0.2, -0.15) is 5.10 Å². The number of halogens is 1. The lowest BCUT2D eigenvalue weighted by atomic mass is 10.1. The summed E-state index contributed by atoms with van der Waals surface area (Å²) in [7, 11) is 0. The Morgan fingerprint density at radius 2 is 2.00 bits per heavy atom. The first-order valence-electron chi connectivity index (χ1n) is 4.37. The summed E-state index contributed by atoms with van der Waals surface area (Å²) in [5.41, 5.74) is 1.14. The summed E-state index contributed by atoms with van der Waals surface area (Å²) >= 11 is 3.54. The first-order chi connectivity index (χ1) is 6.86. The summed E-state index contributed by atoms with van der Waals surface area (Å²) < 4.78 is 3.01. The van der Waals surface area contributed by atoms with Gasteiger partial charge in [0, 0.05) is 22.3 Å². The molecule has 0 radical (unpaired) electrons. The molecule has 2 aromatic heterocycles. The van der Waals surface area contributed by atoms with Gasteiger partial charge in [0.25, 0.3) is 0 Å². The smallest absolute Gasteiger partial charge is 0.0740 e. The first kappa shape index (κ1) is 8.00. The fourth-order valence-corrected chi connectivity index (χ4v) is 2.22. The number of benzene rings is 1. The molecule has 0 bridgehead atoms.